The van der Waals surface area contributed by atoms with E-state index in [1.54, 1.807) is 6.07 Å². The van der Waals surface area contributed by atoms with Crippen LogP contribution in [0, 0.1) is 0 Å². The summed E-state index contributed by atoms with van der Waals surface area (Å²) in [5, 5.41) is 9.53. The molecule has 0 fully saturated rings. The summed E-state index contributed by atoms with van der Waals surface area (Å²) in [6.07, 6.45) is 0. The largest absolute Gasteiger partial charge is 0.487 e. The highest BCUT2D eigenvalue weighted by Crippen LogP contribution is 2.28. The summed E-state index contributed by atoms with van der Waals surface area (Å²) in [5.74, 6) is 0.658. The number of hydrogen-bond acceptors (Lipinski definition) is 2. The Labute approximate surface area is 119 Å². The lowest BCUT2D eigenvalue weighted by atomic mass is 10.1. The van der Waals surface area contributed by atoms with Gasteiger partial charge < -0.3 is 9.84 Å². The van der Waals surface area contributed by atoms with Crippen LogP contribution in [0.15, 0.2) is 46.9 Å². The third-order valence-corrected chi connectivity index (χ3v) is 3.28. The number of benzene rings is 2. The third kappa shape index (κ3) is 3.48. The molecule has 0 amide bonds. The molecule has 2 rings (SSSR count). The van der Waals surface area contributed by atoms with Gasteiger partial charge in [0, 0.05) is 4.47 Å². The van der Waals surface area contributed by atoms with Crippen molar-refractivity contribution < 1.29 is 9.84 Å². The Kier molecular flexibility index (Phi) is 4.64. The van der Waals surface area contributed by atoms with Crippen molar-refractivity contribution in [2.75, 3.05) is 0 Å². The van der Waals surface area contributed by atoms with E-state index in [0.717, 1.165) is 15.6 Å². The molecule has 0 saturated heterocycles. The van der Waals surface area contributed by atoms with Crippen LogP contribution >= 0.6 is 27.5 Å². The van der Waals surface area contributed by atoms with E-state index in [1.807, 2.05) is 36.4 Å². The molecular formula is C14H12BrClO2. The van der Waals surface area contributed by atoms with Crippen LogP contribution in [-0.4, -0.2) is 5.11 Å². The molecule has 0 aliphatic heterocycles. The highest BCUT2D eigenvalue weighted by molar-refractivity contribution is 9.10. The smallest absolute Gasteiger partial charge is 0.138 e. The molecule has 0 atom stereocenters. The van der Waals surface area contributed by atoms with Crippen molar-refractivity contribution in [2.45, 2.75) is 13.2 Å². The molecule has 18 heavy (non-hydrogen) atoms. The molecule has 94 valence electrons. The van der Waals surface area contributed by atoms with Crippen LogP contribution in [0.25, 0.3) is 0 Å². The van der Waals surface area contributed by atoms with Gasteiger partial charge in [-0.2, -0.15) is 0 Å². The number of aliphatic hydroxyl groups excluding tert-OH is 1. The summed E-state index contributed by atoms with van der Waals surface area (Å²) in [5.41, 5.74) is 1.92. The monoisotopic (exact) mass is 326 g/mol. The van der Waals surface area contributed by atoms with Gasteiger partial charge in [0.15, 0.2) is 0 Å². The Morgan fingerprint density at radius 3 is 2.33 bits per heavy atom. The number of aliphatic hydroxyl groups is 1. The van der Waals surface area contributed by atoms with Gasteiger partial charge >= 0.3 is 0 Å². The molecule has 0 radical (unpaired) electrons. The van der Waals surface area contributed by atoms with Crippen molar-refractivity contribution in [3.05, 3.63) is 63.1 Å². The van der Waals surface area contributed by atoms with Crippen LogP contribution in [0.4, 0.5) is 0 Å². The lowest BCUT2D eigenvalue weighted by Crippen LogP contribution is -1.96. The van der Waals surface area contributed by atoms with Gasteiger partial charge in [0.2, 0.25) is 0 Å². The average molecular weight is 328 g/mol. The number of rotatable bonds is 4. The van der Waals surface area contributed by atoms with E-state index in [1.165, 1.54) is 0 Å². The second-order valence-corrected chi connectivity index (χ2v) is 5.16. The quantitative estimate of drug-likeness (QED) is 0.913. The highest BCUT2D eigenvalue weighted by atomic mass is 79.9. The molecule has 1 N–H and O–H groups in total. The summed E-state index contributed by atoms with van der Waals surface area (Å²) >= 11 is 9.40. The fourth-order valence-electron chi connectivity index (χ4n) is 1.49. The van der Waals surface area contributed by atoms with Gasteiger partial charge in [0.25, 0.3) is 0 Å². The summed E-state index contributed by atoms with van der Waals surface area (Å²) < 4.78 is 6.56. The minimum atomic E-state index is 0.0552. The first kappa shape index (κ1) is 13.4. The maximum Gasteiger partial charge on any atom is 0.138 e. The van der Waals surface area contributed by atoms with Crippen molar-refractivity contribution in [1.29, 1.82) is 0 Å². The molecule has 0 spiro atoms. The van der Waals surface area contributed by atoms with E-state index in [0.29, 0.717) is 17.4 Å². The molecular weight excluding hydrogens is 316 g/mol. The van der Waals surface area contributed by atoms with E-state index in [4.69, 9.17) is 21.4 Å². The zero-order valence-corrected chi connectivity index (χ0v) is 11.9. The molecule has 0 bridgehead atoms. The fourth-order valence-corrected chi connectivity index (χ4v) is 2.22. The van der Waals surface area contributed by atoms with E-state index >= 15 is 0 Å². The lowest BCUT2D eigenvalue weighted by molar-refractivity contribution is 0.281. The van der Waals surface area contributed by atoms with E-state index in [2.05, 4.69) is 15.9 Å². The van der Waals surface area contributed by atoms with Crippen LogP contribution in [0.1, 0.15) is 11.1 Å². The summed E-state index contributed by atoms with van der Waals surface area (Å²) in [6.45, 7) is 0.507. The van der Waals surface area contributed by atoms with Crippen LogP contribution in [0.5, 0.6) is 5.75 Å². The fraction of sp³-hybridized carbons (Fsp3) is 0.143. The summed E-state index contributed by atoms with van der Waals surface area (Å²) in [7, 11) is 0. The zero-order valence-electron chi connectivity index (χ0n) is 9.57. The second-order valence-electron chi connectivity index (χ2n) is 3.84. The van der Waals surface area contributed by atoms with Gasteiger partial charge in [0.05, 0.1) is 11.6 Å². The molecule has 0 aliphatic rings. The topological polar surface area (TPSA) is 29.5 Å². The van der Waals surface area contributed by atoms with Crippen molar-refractivity contribution in [1.82, 2.24) is 0 Å². The van der Waals surface area contributed by atoms with Crippen LogP contribution in [-0.2, 0) is 13.2 Å². The first-order valence-corrected chi connectivity index (χ1v) is 6.62. The first-order chi connectivity index (χ1) is 8.69. The average Bonchev–Trinajstić information content (AvgIpc) is 2.38. The van der Waals surface area contributed by atoms with E-state index in [-0.39, 0.29) is 6.61 Å². The van der Waals surface area contributed by atoms with Gasteiger partial charge in [-0.25, -0.2) is 0 Å². The molecule has 2 aromatic rings. The molecule has 0 unspecified atom stereocenters. The van der Waals surface area contributed by atoms with E-state index < -0.39 is 0 Å². The highest BCUT2D eigenvalue weighted by Gasteiger charge is 2.02. The predicted molar refractivity (Wildman–Crippen MR) is 75.8 cm³/mol. The van der Waals surface area contributed by atoms with Gasteiger partial charge in [-0.05, 0) is 29.3 Å². The lowest BCUT2D eigenvalue weighted by Gasteiger charge is -2.08. The zero-order chi connectivity index (χ0) is 13.0. The van der Waals surface area contributed by atoms with Gasteiger partial charge in [-0.1, -0.05) is 51.8 Å². The van der Waals surface area contributed by atoms with Crippen LogP contribution < -0.4 is 4.74 Å². The molecule has 2 nitrogen and oxygen atoms in total. The number of ether oxygens (including phenoxy) is 1. The van der Waals surface area contributed by atoms with Crippen LogP contribution in [0.2, 0.25) is 5.02 Å². The normalized spacial score (nSPS) is 10.4. The Balaban J connectivity index is 2.02. The minimum absolute atomic E-state index is 0.0552. The van der Waals surface area contributed by atoms with Crippen molar-refractivity contribution in [3.63, 3.8) is 0 Å². The van der Waals surface area contributed by atoms with E-state index in [9.17, 15) is 0 Å². The van der Waals surface area contributed by atoms with Gasteiger partial charge in [0.1, 0.15) is 12.4 Å². The van der Waals surface area contributed by atoms with Crippen molar-refractivity contribution >= 4 is 27.5 Å². The first-order valence-electron chi connectivity index (χ1n) is 5.45. The molecule has 2 aromatic carbocycles. The molecule has 4 heteroatoms. The predicted octanol–water partition coefficient (Wildman–Crippen LogP) is 4.17. The molecule has 0 saturated carbocycles. The Hall–Kier alpha value is -1.03. The Morgan fingerprint density at radius 1 is 1.06 bits per heavy atom. The van der Waals surface area contributed by atoms with Gasteiger partial charge in [-0.15, -0.1) is 0 Å². The standard InChI is InChI=1S/C14H12BrClO2/c15-12-5-6-14(13(16)7-12)18-9-11-3-1-10(8-17)2-4-11/h1-7,17H,8-9H2. The SMILES string of the molecule is OCc1ccc(COc2ccc(Br)cc2Cl)cc1. The van der Waals surface area contributed by atoms with Crippen molar-refractivity contribution in [3.8, 4) is 5.75 Å². The Bertz CT molecular complexity index is 526. The molecule has 0 aliphatic carbocycles. The minimum Gasteiger partial charge on any atom is -0.487 e. The number of hydrogen-bond donors (Lipinski definition) is 1. The maximum absolute atomic E-state index is 8.95. The molecule has 0 heterocycles. The van der Waals surface area contributed by atoms with Crippen LogP contribution in [0.3, 0.4) is 0 Å². The summed E-state index contributed by atoms with van der Waals surface area (Å²) in [6, 6.07) is 13.1. The second kappa shape index (κ2) is 6.23. The maximum atomic E-state index is 8.95. The third-order valence-electron chi connectivity index (χ3n) is 2.49. The Morgan fingerprint density at radius 2 is 1.72 bits per heavy atom. The molecule has 0 aromatic heterocycles. The van der Waals surface area contributed by atoms with Crippen molar-refractivity contribution in [2.24, 2.45) is 0 Å². The summed E-state index contributed by atoms with van der Waals surface area (Å²) in [4.78, 5) is 0. The number of halogens is 2. The van der Waals surface area contributed by atoms with Gasteiger partial charge in [-0.3, -0.25) is 0 Å².